The summed E-state index contributed by atoms with van der Waals surface area (Å²) >= 11 is 0. The summed E-state index contributed by atoms with van der Waals surface area (Å²) in [6, 6.07) is 6.04. The van der Waals surface area contributed by atoms with E-state index in [2.05, 4.69) is 83.1 Å². The van der Waals surface area contributed by atoms with Crippen LogP contribution in [0.4, 0.5) is 0 Å². The van der Waals surface area contributed by atoms with Crippen LogP contribution in [0.15, 0.2) is 18.2 Å². The molecular formula is C23H40O3P2. The van der Waals surface area contributed by atoms with Crippen LogP contribution in [0.2, 0.25) is 0 Å². The standard InChI is InChI=1S/C23H40O3P2/c1-20(2,3)26-17-15-13-14-16-18(17)27(21(4,5)6)19(25-16)28(24,22(7,8)9)23(10,11)12/h13-15,19H,1-12H3/t19?,27-/m1/s1. The summed E-state index contributed by atoms with van der Waals surface area (Å²) in [5.74, 6) is 1.73. The quantitative estimate of drug-likeness (QED) is 0.462. The van der Waals surface area contributed by atoms with Gasteiger partial charge in [-0.05, 0) is 46.0 Å². The van der Waals surface area contributed by atoms with Crippen LogP contribution in [0.5, 0.6) is 11.5 Å². The zero-order valence-electron chi connectivity index (χ0n) is 19.9. The molecule has 28 heavy (non-hydrogen) atoms. The lowest BCUT2D eigenvalue weighted by molar-refractivity contribution is 0.132. The van der Waals surface area contributed by atoms with Gasteiger partial charge in [0.05, 0.1) is 5.30 Å². The Morgan fingerprint density at radius 2 is 1.39 bits per heavy atom. The minimum atomic E-state index is -2.79. The molecule has 5 heteroatoms. The molecule has 1 aliphatic heterocycles. The number of ether oxygens (including phenoxy) is 2. The van der Waals surface area contributed by atoms with Gasteiger partial charge in [0.25, 0.3) is 0 Å². The fraction of sp³-hybridized carbons (Fsp3) is 0.739. The molecule has 1 aromatic rings. The third kappa shape index (κ3) is 4.17. The molecule has 0 amide bonds. The first-order chi connectivity index (χ1) is 12.3. The van der Waals surface area contributed by atoms with Crippen LogP contribution in [-0.4, -0.2) is 26.7 Å². The Morgan fingerprint density at radius 1 is 0.893 bits per heavy atom. The molecule has 1 aromatic carbocycles. The lowest BCUT2D eigenvalue weighted by atomic mass is 10.2. The molecular weight excluding hydrogens is 386 g/mol. The molecule has 0 spiro atoms. The Bertz CT molecular complexity index is 753. The van der Waals surface area contributed by atoms with E-state index in [9.17, 15) is 4.57 Å². The van der Waals surface area contributed by atoms with Crippen LogP contribution < -0.4 is 14.8 Å². The molecule has 0 aliphatic carbocycles. The fourth-order valence-electron chi connectivity index (χ4n) is 4.10. The van der Waals surface area contributed by atoms with Gasteiger partial charge in [0.1, 0.15) is 24.2 Å². The molecule has 0 N–H and O–H groups in total. The molecule has 3 nitrogen and oxygen atoms in total. The molecule has 0 saturated carbocycles. The maximum Gasteiger partial charge on any atom is 0.174 e. The molecule has 0 saturated heterocycles. The van der Waals surface area contributed by atoms with Gasteiger partial charge >= 0.3 is 0 Å². The summed E-state index contributed by atoms with van der Waals surface area (Å²) in [6.45, 7) is 25.6. The lowest BCUT2D eigenvalue weighted by Gasteiger charge is -2.47. The molecule has 0 bridgehead atoms. The minimum absolute atomic E-state index is 0.0608. The third-order valence-electron chi connectivity index (χ3n) is 5.10. The number of rotatable bonds is 2. The minimum Gasteiger partial charge on any atom is -0.487 e. The fourth-order valence-corrected chi connectivity index (χ4v) is 15.0. The Labute approximate surface area is 174 Å². The van der Waals surface area contributed by atoms with Gasteiger partial charge in [-0.2, -0.15) is 0 Å². The van der Waals surface area contributed by atoms with Crippen molar-refractivity contribution in [2.45, 2.75) is 110 Å². The normalized spacial score (nSPS) is 21.3. The van der Waals surface area contributed by atoms with Crippen LogP contribution in [-0.2, 0) is 4.57 Å². The smallest absolute Gasteiger partial charge is 0.174 e. The van der Waals surface area contributed by atoms with E-state index >= 15 is 0 Å². The van der Waals surface area contributed by atoms with Gasteiger partial charge in [-0.15, -0.1) is 0 Å². The van der Waals surface area contributed by atoms with Gasteiger partial charge in [-0.25, -0.2) is 0 Å². The molecule has 160 valence electrons. The van der Waals surface area contributed by atoms with Gasteiger partial charge in [0, 0.05) is 10.3 Å². The second-order valence-corrected chi connectivity index (χ2v) is 19.7. The van der Waals surface area contributed by atoms with Crippen LogP contribution in [0, 0.1) is 0 Å². The van der Waals surface area contributed by atoms with Crippen LogP contribution >= 0.6 is 15.1 Å². The molecule has 2 atom stereocenters. The average molecular weight is 427 g/mol. The summed E-state index contributed by atoms with van der Waals surface area (Å²) in [5, 5.41) is 0.372. The van der Waals surface area contributed by atoms with E-state index in [-0.39, 0.29) is 26.7 Å². The number of fused-ring (bicyclic) bond motifs is 1. The monoisotopic (exact) mass is 426 g/mol. The van der Waals surface area contributed by atoms with Gasteiger partial charge in [0.2, 0.25) is 0 Å². The van der Waals surface area contributed by atoms with E-state index in [0.29, 0.717) is 0 Å². The van der Waals surface area contributed by atoms with E-state index in [1.807, 2.05) is 18.2 Å². The summed E-state index contributed by atoms with van der Waals surface area (Å²) in [5.41, 5.74) is -0.605. The highest BCUT2D eigenvalue weighted by Crippen LogP contribution is 2.80. The molecule has 0 fully saturated rings. The molecule has 2 rings (SSSR count). The number of hydrogen-bond acceptors (Lipinski definition) is 3. The SMILES string of the molecule is CC(C)(C)Oc1cccc2c1[P@@](C(C)(C)C)C(P(=O)(C(C)(C)C)C(C)(C)C)O2. The second-order valence-electron chi connectivity index (χ2n) is 11.8. The van der Waals surface area contributed by atoms with Crippen molar-refractivity contribution in [2.24, 2.45) is 0 Å². The molecule has 1 unspecified atom stereocenters. The maximum absolute atomic E-state index is 14.8. The summed E-state index contributed by atoms with van der Waals surface area (Å²) in [6.07, 6.45) is 0. The van der Waals surface area contributed by atoms with Crippen molar-refractivity contribution < 1.29 is 14.0 Å². The average Bonchev–Trinajstić information content (AvgIpc) is 2.82. The van der Waals surface area contributed by atoms with Crippen molar-refractivity contribution in [3.8, 4) is 11.5 Å². The van der Waals surface area contributed by atoms with E-state index in [1.54, 1.807) is 0 Å². The summed E-state index contributed by atoms with van der Waals surface area (Å²) in [7, 11) is -3.66. The predicted molar refractivity (Wildman–Crippen MR) is 125 cm³/mol. The summed E-state index contributed by atoms with van der Waals surface area (Å²) < 4.78 is 27.8. The van der Waals surface area contributed by atoms with E-state index in [4.69, 9.17) is 9.47 Å². The Hall–Kier alpha value is -0.520. The van der Waals surface area contributed by atoms with Crippen molar-refractivity contribution >= 4 is 20.4 Å². The molecule has 1 heterocycles. The molecule has 0 radical (unpaired) electrons. The highest BCUT2D eigenvalue weighted by Gasteiger charge is 2.60. The topological polar surface area (TPSA) is 35.5 Å². The third-order valence-corrected chi connectivity index (χ3v) is 14.4. The first kappa shape index (κ1) is 23.8. The zero-order chi connectivity index (χ0) is 21.9. The van der Waals surface area contributed by atoms with E-state index in [1.165, 1.54) is 0 Å². The Kier molecular flexibility index (Phi) is 5.96. The first-order valence-corrected chi connectivity index (χ1v) is 13.4. The number of benzene rings is 1. The van der Waals surface area contributed by atoms with Crippen molar-refractivity contribution in [1.82, 2.24) is 0 Å². The lowest BCUT2D eigenvalue weighted by Crippen LogP contribution is -2.38. The van der Waals surface area contributed by atoms with Gasteiger partial charge in [-0.3, -0.25) is 0 Å². The van der Waals surface area contributed by atoms with Crippen molar-refractivity contribution in [3.05, 3.63) is 18.2 Å². The van der Waals surface area contributed by atoms with Crippen LogP contribution in [0.3, 0.4) is 0 Å². The Morgan fingerprint density at radius 3 is 1.79 bits per heavy atom. The maximum atomic E-state index is 14.8. The van der Waals surface area contributed by atoms with Crippen molar-refractivity contribution in [3.63, 3.8) is 0 Å². The van der Waals surface area contributed by atoms with Gasteiger partial charge in [0.15, 0.2) is 5.59 Å². The molecule has 0 aromatic heterocycles. The van der Waals surface area contributed by atoms with Crippen molar-refractivity contribution in [1.29, 1.82) is 0 Å². The Balaban J connectivity index is 2.76. The highest BCUT2D eigenvalue weighted by atomic mass is 31.2. The van der Waals surface area contributed by atoms with Gasteiger partial charge < -0.3 is 14.0 Å². The largest absolute Gasteiger partial charge is 0.487 e. The predicted octanol–water partition coefficient (Wildman–Crippen LogP) is 7.41. The van der Waals surface area contributed by atoms with Crippen molar-refractivity contribution in [2.75, 3.05) is 0 Å². The molecule has 1 aliphatic rings. The highest BCUT2D eigenvalue weighted by molar-refractivity contribution is 7.84. The van der Waals surface area contributed by atoms with E-state index in [0.717, 1.165) is 16.8 Å². The number of hydrogen-bond donors (Lipinski definition) is 0. The van der Waals surface area contributed by atoms with Crippen LogP contribution in [0.1, 0.15) is 83.1 Å². The first-order valence-electron chi connectivity index (χ1n) is 10.2. The van der Waals surface area contributed by atoms with Crippen LogP contribution in [0.25, 0.3) is 0 Å². The zero-order valence-corrected chi connectivity index (χ0v) is 21.7. The van der Waals surface area contributed by atoms with E-state index < -0.39 is 15.1 Å². The summed E-state index contributed by atoms with van der Waals surface area (Å²) in [4.78, 5) is 0. The second kappa shape index (κ2) is 7.02. The van der Waals surface area contributed by atoms with Gasteiger partial charge in [-0.1, -0.05) is 68.4 Å².